The number of nitrogens with one attached hydrogen (secondary N) is 2. The van der Waals surface area contributed by atoms with Crippen molar-refractivity contribution >= 4 is 23.2 Å². The first-order valence-electron chi connectivity index (χ1n) is 7.85. The number of aryl methyl sites for hydroxylation is 1. The molecule has 0 unspecified atom stereocenters. The normalized spacial score (nSPS) is 10.1. The van der Waals surface area contributed by atoms with Crippen LogP contribution < -0.4 is 15.4 Å². The summed E-state index contributed by atoms with van der Waals surface area (Å²) < 4.78 is 5.38. The fourth-order valence-corrected chi connectivity index (χ4v) is 2.16. The second-order valence-electron chi connectivity index (χ2n) is 5.39. The maximum atomic E-state index is 11.9. The molecule has 6 nitrogen and oxygen atoms in total. The highest BCUT2D eigenvalue weighted by Crippen LogP contribution is 2.18. The molecule has 0 aliphatic rings. The predicted octanol–water partition coefficient (Wildman–Crippen LogP) is 3.55. The van der Waals surface area contributed by atoms with Gasteiger partial charge in [0.15, 0.2) is 18.2 Å². The number of carbonyl (C=O) groups excluding carboxylic acids is 1. The van der Waals surface area contributed by atoms with Gasteiger partial charge in [-0.3, -0.25) is 4.79 Å². The topological polar surface area (TPSA) is 76.1 Å². The molecule has 6 heteroatoms. The summed E-state index contributed by atoms with van der Waals surface area (Å²) >= 11 is 0. The average Bonchev–Trinajstić information content (AvgIpc) is 2.64. The Labute approximate surface area is 145 Å². The summed E-state index contributed by atoms with van der Waals surface area (Å²) in [6, 6.07) is 20.5. The van der Waals surface area contributed by atoms with Crippen LogP contribution in [0.25, 0.3) is 0 Å². The molecule has 3 rings (SSSR count). The first kappa shape index (κ1) is 16.4. The Hall–Kier alpha value is -3.41. The molecule has 0 spiro atoms. The lowest BCUT2D eigenvalue weighted by atomic mass is 10.2. The highest BCUT2D eigenvalue weighted by molar-refractivity contribution is 5.90. The number of aromatic nitrogens is 2. The lowest BCUT2D eigenvalue weighted by Gasteiger charge is -2.09. The Kier molecular flexibility index (Phi) is 5.21. The third kappa shape index (κ3) is 4.78. The molecule has 1 heterocycles. The Balaban J connectivity index is 1.53. The minimum atomic E-state index is -0.294. The van der Waals surface area contributed by atoms with Gasteiger partial charge in [-0.2, -0.15) is 0 Å². The molecule has 0 saturated heterocycles. The number of anilines is 3. The lowest BCUT2D eigenvalue weighted by molar-refractivity contribution is -0.118. The molecule has 0 aliphatic heterocycles. The van der Waals surface area contributed by atoms with Gasteiger partial charge in [0.1, 0.15) is 5.75 Å². The van der Waals surface area contributed by atoms with E-state index in [9.17, 15) is 4.79 Å². The molecule has 0 aliphatic carbocycles. The Bertz CT molecular complexity index is 836. The minimum absolute atomic E-state index is 0.0884. The van der Waals surface area contributed by atoms with E-state index < -0.39 is 0 Å². The molecule has 0 fully saturated rings. The summed E-state index contributed by atoms with van der Waals surface area (Å²) in [6.45, 7) is 1.92. The van der Waals surface area contributed by atoms with E-state index in [0.29, 0.717) is 17.4 Å². The van der Waals surface area contributed by atoms with Crippen molar-refractivity contribution in [3.05, 3.63) is 72.3 Å². The fraction of sp³-hybridized carbons (Fsp3) is 0.105. The third-order valence-electron chi connectivity index (χ3n) is 3.45. The van der Waals surface area contributed by atoms with Crippen LogP contribution in [0.15, 0.2) is 66.7 Å². The van der Waals surface area contributed by atoms with E-state index in [2.05, 4.69) is 20.8 Å². The molecular weight excluding hydrogens is 316 g/mol. The van der Waals surface area contributed by atoms with Crippen molar-refractivity contribution in [1.82, 2.24) is 10.2 Å². The van der Waals surface area contributed by atoms with Gasteiger partial charge in [-0.1, -0.05) is 36.4 Å². The fourth-order valence-electron chi connectivity index (χ4n) is 2.16. The second-order valence-corrected chi connectivity index (χ2v) is 5.39. The highest BCUT2D eigenvalue weighted by atomic mass is 16.5. The van der Waals surface area contributed by atoms with E-state index >= 15 is 0 Å². The molecule has 0 radical (unpaired) electrons. The van der Waals surface area contributed by atoms with Gasteiger partial charge in [0, 0.05) is 5.69 Å². The maximum Gasteiger partial charge on any atom is 0.263 e. The van der Waals surface area contributed by atoms with Crippen molar-refractivity contribution in [2.45, 2.75) is 6.92 Å². The first-order valence-corrected chi connectivity index (χ1v) is 7.85. The molecule has 3 aromatic rings. The van der Waals surface area contributed by atoms with Crippen LogP contribution in [0.3, 0.4) is 0 Å². The van der Waals surface area contributed by atoms with Gasteiger partial charge in [0.05, 0.1) is 0 Å². The lowest BCUT2D eigenvalue weighted by Crippen LogP contribution is -2.21. The van der Waals surface area contributed by atoms with E-state index in [1.165, 1.54) is 0 Å². The van der Waals surface area contributed by atoms with Crippen LogP contribution in [-0.2, 0) is 4.79 Å². The molecule has 0 bridgehead atoms. The molecule has 2 N–H and O–H groups in total. The summed E-state index contributed by atoms with van der Waals surface area (Å²) in [5.74, 6) is 1.32. The summed E-state index contributed by atoms with van der Waals surface area (Å²) in [4.78, 5) is 11.9. The Morgan fingerprint density at radius 1 is 0.920 bits per heavy atom. The summed E-state index contributed by atoms with van der Waals surface area (Å²) in [7, 11) is 0. The standard InChI is InChI=1S/C19H18N4O2/c1-14-7-5-6-10-16(14)20-17-11-12-18(23-22-17)21-19(24)13-25-15-8-3-2-4-9-15/h2-12H,13H2,1H3,(H,20,22)(H,21,23,24). The molecule has 126 valence electrons. The van der Waals surface area contributed by atoms with Crippen molar-refractivity contribution in [3.8, 4) is 5.75 Å². The number of ether oxygens (including phenoxy) is 1. The first-order chi connectivity index (χ1) is 12.2. The van der Waals surface area contributed by atoms with Gasteiger partial charge < -0.3 is 15.4 Å². The monoisotopic (exact) mass is 334 g/mol. The third-order valence-corrected chi connectivity index (χ3v) is 3.45. The number of hydrogen-bond acceptors (Lipinski definition) is 5. The number of rotatable bonds is 6. The zero-order valence-electron chi connectivity index (χ0n) is 13.8. The summed E-state index contributed by atoms with van der Waals surface area (Å²) in [6.07, 6.45) is 0. The minimum Gasteiger partial charge on any atom is -0.484 e. The number of nitrogens with zero attached hydrogens (tertiary/aromatic N) is 2. The van der Waals surface area contributed by atoms with Gasteiger partial charge in [-0.15, -0.1) is 10.2 Å². The van der Waals surface area contributed by atoms with Crippen LogP contribution in [0.5, 0.6) is 5.75 Å². The van der Waals surface area contributed by atoms with Crippen molar-refractivity contribution in [3.63, 3.8) is 0 Å². The van der Waals surface area contributed by atoms with E-state index in [1.807, 2.05) is 49.4 Å². The second kappa shape index (κ2) is 7.92. The van der Waals surface area contributed by atoms with Gasteiger partial charge in [-0.05, 0) is 42.8 Å². The molecule has 1 aromatic heterocycles. The van der Waals surface area contributed by atoms with E-state index in [0.717, 1.165) is 11.3 Å². The number of benzene rings is 2. The number of carbonyl (C=O) groups is 1. The van der Waals surface area contributed by atoms with E-state index in [1.54, 1.807) is 24.3 Å². The van der Waals surface area contributed by atoms with Crippen LogP contribution in [0, 0.1) is 6.92 Å². The van der Waals surface area contributed by atoms with Crippen molar-refractivity contribution in [1.29, 1.82) is 0 Å². The van der Waals surface area contributed by atoms with Gasteiger partial charge >= 0.3 is 0 Å². The highest BCUT2D eigenvalue weighted by Gasteiger charge is 2.06. The zero-order valence-corrected chi connectivity index (χ0v) is 13.8. The van der Waals surface area contributed by atoms with E-state index in [4.69, 9.17) is 4.74 Å². The molecule has 0 saturated carbocycles. The summed E-state index contributed by atoms with van der Waals surface area (Å²) in [5, 5.41) is 13.9. The number of para-hydroxylation sites is 2. The quantitative estimate of drug-likeness (QED) is 0.721. The van der Waals surface area contributed by atoms with Crippen molar-refractivity contribution in [2.24, 2.45) is 0 Å². The summed E-state index contributed by atoms with van der Waals surface area (Å²) in [5.41, 5.74) is 2.07. The smallest absolute Gasteiger partial charge is 0.263 e. The molecule has 0 atom stereocenters. The SMILES string of the molecule is Cc1ccccc1Nc1ccc(NC(=O)COc2ccccc2)nn1. The van der Waals surface area contributed by atoms with Gasteiger partial charge in [0.2, 0.25) is 0 Å². The Morgan fingerprint density at radius 3 is 2.32 bits per heavy atom. The molecule has 1 amide bonds. The maximum absolute atomic E-state index is 11.9. The zero-order chi connectivity index (χ0) is 17.5. The van der Waals surface area contributed by atoms with Crippen molar-refractivity contribution in [2.75, 3.05) is 17.2 Å². The largest absolute Gasteiger partial charge is 0.484 e. The number of hydrogen-bond donors (Lipinski definition) is 2. The van der Waals surface area contributed by atoms with Crippen LogP contribution in [0.2, 0.25) is 0 Å². The average molecular weight is 334 g/mol. The van der Waals surface area contributed by atoms with Crippen LogP contribution in [-0.4, -0.2) is 22.7 Å². The van der Waals surface area contributed by atoms with Gasteiger partial charge in [-0.25, -0.2) is 0 Å². The van der Waals surface area contributed by atoms with Crippen molar-refractivity contribution < 1.29 is 9.53 Å². The predicted molar refractivity (Wildman–Crippen MR) is 97.1 cm³/mol. The molecule has 25 heavy (non-hydrogen) atoms. The van der Waals surface area contributed by atoms with Crippen LogP contribution in [0.1, 0.15) is 5.56 Å². The molecular formula is C19H18N4O2. The van der Waals surface area contributed by atoms with Crippen LogP contribution >= 0.6 is 0 Å². The van der Waals surface area contributed by atoms with Crippen LogP contribution in [0.4, 0.5) is 17.3 Å². The Morgan fingerprint density at radius 2 is 1.60 bits per heavy atom. The molecule has 2 aromatic carbocycles. The van der Waals surface area contributed by atoms with E-state index in [-0.39, 0.29) is 12.5 Å². The number of amides is 1. The van der Waals surface area contributed by atoms with Gasteiger partial charge in [0.25, 0.3) is 5.91 Å².